The van der Waals surface area contributed by atoms with Crippen LogP contribution in [-0.4, -0.2) is 47.4 Å². The maximum atomic E-state index is 12.1. The molecule has 1 heterocycles. The van der Waals surface area contributed by atoms with Gasteiger partial charge in [0, 0.05) is 30.4 Å². The first kappa shape index (κ1) is 24.1. The second-order valence-electron chi connectivity index (χ2n) is 7.16. The fraction of sp³-hybridized carbons (Fsp3) is 0.706. The van der Waals surface area contributed by atoms with Crippen LogP contribution < -0.4 is 10.6 Å². The Morgan fingerprint density at radius 1 is 1.40 bits per heavy atom. The van der Waals surface area contributed by atoms with Crippen molar-refractivity contribution in [3.8, 4) is 0 Å². The summed E-state index contributed by atoms with van der Waals surface area (Å²) in [4.78, 5) is 23.1. The molecule has 0 spiro atoms. The van der Waals surface area contributed by atoms with Crippen molar-refractivity contribution in [2.75, 3.05) is 20.1 Å². The highest BCUT2D eigenvalue weighted by Crippen LogP contribution is 2.19. The summed E-state index contributed by atoms with van der Waals surface area (Å²) in [5, 5.41) is 9.36. The Labute approximate surface area is 172 Å². The highest BCUT2D eigenvalue weighted by molar-refractivity contribution is 14.0. The molecule has 0 bridgehead atoms. The summed E-state index contributed by atoms with van der Waals surface area (Å²) in [6, 6.07) is 0. The number of carbonyl (C=O) groups excluding carboxylic acids is 1. The number of nitrogens with one attached hydrogen (secondary N) is 2. The normalized spacial score (nSPS) is 11.9. The van der Waals surface area contributed by atoms with Crippen molar-refractivity contribution in [3.63, 3.8) is 0 Å². The van der Waals surface area contributed by atoms with Crippen molar-refractivity contribution in [3.05, 3.63) is 16.1 Å². The minimum Gasteiger partial charge on any atom is -0.357 e. The molecule has 144 valence electrons. The van der Waals surface area contributed by atoms with Crippen LogP contribution in [0.1, 0.15) is 58.2 Å². The van der Waals surface area contributed by atoms with Gasteiger partial charge in [-0.15, -0.1) is 35.3 Å². The number of carbonyl (C=O) groups is 1. The van der Waals surface area contributed by atoms with Gasteiger partial charge in [-0.3, -0.25) is 4.79 Å². The lowest BCUT2D eigenvalue weighted by Gasteiger charge is -2.25. The van der Waals surface area contributed by atoms with Crippen molar-refractivity contribution in [2.24, 2.45) is 4.99 Å². The number of rotatable bonds is 6. The van der Waals surface area contributed by atoms with E-state index in [9.17, 15) is 4.79 Å². The molecular weight excluding hydrogens is 449 g/mol. The van der Waals surface area contributed by atoms with Gasteiger partial charge in [0.2, 0.25) is 5.91 Å². The van der Waals surface area contributed by atoms with Crippen LogP contribution in [0, 0.1) is 0 Å². The number of hydrogen-bond donors (Lipinski definition) is 2. The Morgan fingerprint density at radius 3 is 2.52 bits per heavy atom. The van der Waals surface area contributed by atoms with Gasteiger partial charge in [-0.2, -0.15) is 0 Å². The molecule has 0 fully saturated rings. The maximum Gasteiger partial charge on any atom is 0.240 e. The molecule has 1 aromatic heterocycles. The topological polar surface area (TPSA) is 69.6 Å². The molecule has 0 saturated carbocycles. The number of guanidine groups is 1. The van der Waals surface area contributed by atoms with Crippen molar-refractivity contribution < 1.29 is 4.79 Å². The molecule has 2 N–H and O–H groups in total. The number of aliphatic imine (C=N–C) groups is 1. The molecule has 0 atom stereocenters. The van der Waals surface area contributed by atoms with Crippen molar-refractivity contribution in [1.29, 1.82) is 0 Å². The van der Waals surface area contributed by atoms with Crippen molar-refractivity contribution in [2.45, 2.75) is 59.5 Å². The number of amides is 1. The highest BCUT2D eigenvalue weighted by atomic mass is 127. The lowest BCUT2D eigenvalue weighted by Crippen LogP contribution is -2.48. The summed E-state index contributed by atoms with van der Waals surface area (Å²) in [5.74, 6) is 1.12. The molecule has 0 aliphatic carbocycles. The summed E-state index contributed by atoms with van der Waals surface area (Å²) in [7, 11) is 1.87. The SMILES string of the molecule is CCNC(=NCc1csc(C(C)C)n1)N(C)CC(=O)NC(C)(C)C.I. The zero-order valence-electron chi connectivity index (χ0n) is 16.3. The van der Waals surface area contributed by atoms with Gasteiger partial charge in [0.05, 0.1) is 23.8 Å². The lowest BCUT2D eigenvalue weighted by molar-refractivity contribution is -0.122. The van der Waals surface area contributed by atoms with E-state index in [2.05, 4.69) is 39.8 Å². The Hall–Kier alpha value is -0.900. The Morgan fingerprint density at radius 2 is 2.04 bits per heavy atom. The first-order valence-corrected chi connectivity index (χ1v) is 9.25. The van der Waals surface area contributed by atoms with Crippen LogP contribution in [-0.2, 0) is 11.3 Å². The van der Waals surface area contributed by atoms with Gasteiger partial charge in [-0.1, -0.05) is 13.8 Å². The second-order valence-corrected chi connectivity index (χ2v) is 8.05. The number of thiazole rings is 1. The van der Waals surface area contributed by atoms with E-state index in [1.165, 1.54) is 0 Å². The third kappa shape index (κ3) is 9.39. The summed E-state index contributed by atoms with van der Waals surface area (Å²) < 4.78 is 0. The smallest absolute Gasteiger partial charge is 0.240 e. The summed E-state index contributed by atoms with van der Waals surface area (Å²) in [5.41, 5.74) is 0.730. The monoisotopic (exact) mass is 481 g/mol. The van der Waals surface area contributed by atoms with E-state index < -0.39 is 0 Å². The van der Waals surface area contributed by atoms with Gasteiger partial charge in [0.15, 0.2) is 5.96 Å². The second kappa shape index (κ2) is 10.9. The zero-order chi connectivity index (χ0) is 18.3. The van der Waals surface area contributed by atoms with Crippen LogP contribution in [0.2, 0.25) is 0 Å². The summed E-state index contributed by atoms with van der Waals surface area (Å²) in [6.45, 7) is 13.7. The van der Waals surface area contributed by atoms with E-state index in [0.717, 1.165) is 17.2 Å². The minimum atomic E-state index is -0.235. The molecule has 0 aliphatic heterocycles. The maximum absolute atomic E-state index is 12.1. The van der Waals surface area contributed by atoms with Crippen LogP contribution >= 0.6 is 35.3 Å². The van der Waals surface area contributed by atoms with Gasteiger partial charge in [-0.25, -0.2) is 9.98 Å². The van der Waals surface area contributed by atoms with Crippen LogP contribution in [0.3, 0.4) is 0 Å². The average molecular weight is 481 g/mol. The van der Waals surface area contributed by atoms with Crippen LogP contribution in [0.4, 0.5) is 0 Å². The predicted octanol–water partition coefficient (Wildman–Crippen LogP) is 3.20. The van der Waals surface area contributed by atoms with E-state index in [-0.39, 0.29) is 42.0 Å². The molecule has 1 aromatic rings. The molecule has 6 nitrogen and oxygen atoms in total. The van der Waals surface area contributed by atoms with Gasteiger partial charge in [0.1, 0.15) is 0 Å². The summed E-state index contributed by atoms with van der Waals surface area (Å²) in [6.07, 6.45) is 0. The van der Waals surface area contributed by atoms with E-state index in [1.54, 1.807) is 11.3 Å². The molecule has 1 amide bonds. The Kier molecular flexibility index (Phi) is 10.6. The van der Waals surface area contributed by atoms with E-state index in [0.29, 0.717) is 18.4 Å². The van der Waals surface area contributed by atoms with Crippen LogP contribution in [0.25, 0.3) is 0 Å². The number of likely N-dealkylation sites (N-methyl/N-ethyl adjacent to an activating group) is 1. The molecule has 0 unspecified atom stereocenters. The number of nitrogens with zero attached hydrogens (tertiary/aromatic N) is 3. The van der Waals surface area contributed by atoms with E-state index >= 15 is 0 Å². The largest absolute Gasteiger partial charge is 0.357 e. The number of aromatic nitrogens is 1. The lowest BCUT2D eigenvalue weighted by atomic mass is 10.1. The van der Waals surface area contributed by atoms with Crippen molar-refractivity contribution >= 4 is 47.2 Å². The Balaban J connectivity index is 0.00000576. The van der Waals surface area contributed by atoms with Gasteiger partial charge >= 0.3 is 0 Å². The minimum absolute atomic E-state index is 0. The average Bonchev–Trinajstić information content (AvgIpc) is 2.90. The van der Waals surface area contributed by atoms with E-state index in [4.69, 9.17) is 0 Å². The Bertz CT molecular complexity index is 566. The zero-order valence-corrected chi connectivity index (χ0v) is 19.5. The molecule has 0 radical (unpaired) electrons. The molecule has 0 aromatic carbocycles. The molecule has 1 rings (SSSR count). The highest BCUT2D eigenvalue weighted by Gasteiger charge is 2.16. The molecule has 25 heavy (non-hydrogen) atoms. The standard InChI is InChI=1S/C17H31N5OS.HI/c1-8-18-16(22(7)10-14(23)21-17(4,5)6)19-9-13-11-24-15(20-13)12(2)3;/h11-12H,8-10H2,1-7H3,(H,18,19)(H,21,23);1H. The molecule has 8 heteroatoms. The molecular formula is C17H32IN5OS. The fourth-order valence-corrected chi connectivity index (χ4v) is 2.86. The fourth-order valence-electron chi connectivity index (χ4n) is 2.03. The van der Waals surface area contributed by atoms with Gasteiger partial charge in [0.25, 0.3) is 0 Å². The molecule has 0 aliphatic rings. The quantitative estimate of drug-likeness (QED) is 0.372. The number of hydrogen-bond acceptors (Lipinski definition) is 4. The van der Waals surface area contributed by atoms with Gasteiger partial charge < -0.3 is 15.5 Å². The van der Waals surface area contributed by atoms with Crippen LogP contribution in [0.15, 0.2) is 10.4 Å². The van der Waals surface area contributed by atoms with E-state index in [1.807, 2.05) is 39.6 Å². The number of halogens is 1. The first-order chi connectivity index (χ1) is 11.1. The van der Waals surface area contributed by atoms with Crippen molar-refractivity contribution in [1.82, 2.24) is 20.5 Å². The predicted molar refractivity (Wildman–Crippen MR) is 117 cm³/mol. The van der Waals surface area contributed by atoms with Crippen LogP contribution in [0.5, 0.6) is 0 Å². The first-order valence-electron chi connectivity index (χ1n) is 8.37. The third-order valence-corrected chi connectivity index (χ3v) is 4.24. The van der Waals surface area contributed by atoms with Gasteiger partial charge in [-0.05, 0) is 27.7 Å². The third-order valence-electron chi connectivity index (χ3n) is 3.05. The summed E-state index contributed by atoms with van der Waals surface area (Å²) >= 11 is 1.67. The molecule has 0 saturated heterocycles.